The highest BCUT2D eigenvalue weighted by Crippen LogP contribution is 2.54. The van der Waals surface area contributed by atoms with E-state index in [4.69, 9.17) is 4.74 Å². The Kier molecular flexibility index (Phi) is 22.6. The average molecular weight is 960 g/mol. The predicted octanol–water partition coefficient (Wildman–Crippen LogP) is 10.1. The van der Waals surface area contributed by atoms with Gasteiger partial charge in [-0.3, -0.25) is 9.35 Å². The van der Waals surface area contributed by atoms with E-state index >= 15 is 0 Å². The zero-order valence-corrected chi connectivity index (χ0v) is 43.0. The van der Waals surface area contributed by atoms with Crippen LogP contribution in [0, 0.1) is 0 Å². The number of carbonyl (C=O) groups is 3. The number of nitrogens with zero attached hydrogens (tertiary/aromatic N) is 1. The Labute approximate surface area is 406 Å². The zero-order valence-electron chi connectivity index (χ0n) is 41.4. The van der Waals surface area contributed by atoms with Crippen LogP contribution in [0.25, 0.3) is 0 Å². The molecule has 4 aromatic carbocycles. The van der Waals surface area contributed by atoms with Gasteiger partial charge < -0.3 is 29.8 Å². The minimum Gasteiger partial charge on any atom is -0.548 e. The molecule has 368 valence electrons. The van der Waals surface area contributed by atoms with Crippen LogP contribution in [0.5, 0.6) is 0 Å². The van der Waals surface area contributed by atoms with Crippen molar-refractivity contribution >= 4 is 39.8 Å². The number of carbonyl (C=O) groups excluding carboxylic acids is 3. The summed E-state index contributed by atoms with van der Waals surface area (Å²) in [7, 11) is -4.46. The molecule has 0 aliphatic rings. The first-order valence-electron chi connectivity index (χ1n) is 24.0. The summed E-state index contributed by atoms with van der Waals surface area (Å²) < 4.78 is 37.2. The van der Waals surface area contributed by atoms with Crippen LogP contribution in [0.15, 0.2) is 120 Å². The van der Waals surface area contributed by atoms with Crippen molar-refractivity contribution in [3.05, 3.63) is 138 Å². The van der Waals surface area contributed by atoms with Crippen molar-refractivity contribution in [2.45, 2.75) is 152 Å². The van der Waals surface area contributed by atoms with Gasteiger partial charge in [0.15, 0.2) is 0 Å². The van der Waals surface area contributed by atoms with Crippen LogP contribution in [0.2, 0.25) is 0 Å². The van der Waals surface area contributed by atoms with E-state index in [1.165, 1.54) is 106 Å². The van der Waals surface area contributed by atoms with E-state index in [9.17, 15) is 32.5 Å². The van der Waals surface area contributed by atoms with Crippen molar-refractivity contribution < 1.29 is 41.7 Å². The number of rotatable bonds is 25. The molecule has 13 heteroatoms. The Balaban J connectivity index is 0.000000593. The highest BCUT2D eigenvalue weighted by atomic mass is 32.2. The van der Waals surface area contributed by atoms with Gasteiger partial charge in [-0.2, -0.15) is 8.42 Å². The molecular weight excluding hydrogens is 883 g/mol. The maximum Gasteiger partial charge on any atom is 0.408 e. The summed E-state index contributed by atoms with van der Waals surface area (Å²) >= 11 is 1.42. The van der Waals surface area contributed by atoms with Crippen LogP contribution < -0.4 is 15.7 Å². The molecule has 0 fully saturated rings. The van der Waals surface area contributed by atoms with Crippen molar-refractivity contribution in [3.8, 4) is 0 Å². The third kappa shape index (κ3) is 17.7. The molecule has 0 radical (unpaired) electrons. The summed E-state index contributed by atoms with van der Waals surface area (Å²) in [5.74, 6) is -2.40. The number of benzene rings is 4. The van der Waals surface area contributed by atoms with Crippen molar-refractivity contribution in [1.82, 2.24) is 10.6 Å². The van der Waals surface area contributed by atoms with E-state index in [1.807, 2.05) is 91.0 Å². The molecule has 2 amide bonds. The normalized spacial score (nSPS) is 13.1. The van der Waals surface area contributed by atoms with Gasteiger partial charge >= 0.3 is 6.09 Å². The fourth-order valence-corrected chi connectivity index (χ4v) is 10.6. The summed E-state index contributed by atoms with van der Waals surface area (Å²) in [6.45, 7) is 23.7. The van der Waals surface area contributed by atoms with Crippen LogP contribution >= 0.6 is 11.8 Å². The predicted molar refractivity (Wildman–Crippen MR) is 270 cm³/mol. The van der Waals surface area contributed by atoms with Crippen LogP contribution in [0.4, 0.5) is 4.79 Å². The Morgan fingerprint density at radius 3 is 1.36 bits per heavy atom. The number of aliphatic carboxylic acids is 1. The average Bonchev–Trinajstić information content (AvgIpc) is 3.29. The van der Waals surface area contributed by atoms with Crippen molar-refractivity contribution in [2.24, 2.45) is 0 Å². The standard InChI is InChI=1S/C38H42N2O8S2.C16H36N/c1-36(2,3)48-35(44)40-32(33(41)39-31(34(42)43)25-26-21-23-30(24-22-26)50(45,46)47)37(4,5)49-38(27-15-9-6-10-16-27,28-17-11-7-12-18-28)29-19-13-8-14-20-29;1-5-9-13-17(14-10-6-2,15-11-7-3)16-12-8-4/h6-24,31-32H,25H2,1-5H3,(H,39,41)(H,40,44)(H,42,43)(H,45,46,47);5-16H2,1-4H3/q;+1/p-1/t31-,32+;/m0./s1. The van der Waals surface area contributed by atoms with Crippen molar-refractivity contribution in [2.75, 3.05) is 26.2 Å². The van der Waals surface area contributed by atoms with Crippen molar-refractivity contribution in [1.29, 1.82) is 0 Å². The fraction of sp³-hybridized carbons (Fsp3) is 0.500. The molecule has 0 spiro atoms. The van der Waals surface area contributed by atoms with Gasteiger partial charge in [0.05, 0.1) is 47.8 Å². The van der Waals surface area contributed by atoms with Gasteiger partial charge in [-0.15, -0.1) is 11.8 Å². The summed E-state index contributed by atoms with van der Waals surface area (Å²) in [4.78, 5) is 39.6. The van der Waals surface area contributed by atoms with Gasteiger partial charge in [0.25, 0.3) is 10.1 Å². The molecule has 0 bridgehead atoms. The van der Waals surface area contributed by atoms with Gasteiger partial charge in [-0.25, -0.2) is 4.79 Å². The number of ether oxygens (including phenoxy) is 1. The van der Waals surface area contributed by atoms with Gasteiger partial charge in [-0.05, 0) is 101 Å². The Morgan fingerprint density at radius 2 is 1.03 bits per heavy atom. The highest BCUT2D eigenvalue weighted by Gasteiger charge is 2.48. The van der Waals surface area contributed by atoms with Gasteiger partial charge in [0, 0.05) is 4.75 Å². The molecule has 0 saturated heterocycles. The number of hydrogen-bond acceptors (Lipinski definition) is 8. The number of quaternary nitrogens is 1. The molecule has 0 aliphatic heterocycles. The monoisotopic (exact) mass is 960 g/mol. The second-order valence-corrected chi connectivity index (χ2v) is 22.2. The topological polar surface area (TPSA) is 162 Å². The number of thioether (sulfide) groups is 1. The van der Waals surface area contributed by atoms with Crippen molar-refractivity contribution in [3.63, 3.8) is 0 Å². The lowest BCUT2D eigenvalue weighted by molar-refractivity contribution is -0.929. The number of carboxylic acids is 1. The third-order valence-electron chi connectivity index (χ3n) is 11.8. The maximum absolute atomic E-state index is 14.3. The molecule has 0 aromatic heterocycles. The van der Waals surface area contributed by atoms with Crippen LogP contribution in [-0.4, -0.2) is 84.0 Å². The molecule has 3 N–H and O–H groups in total. The summed E-state index contributed by atoms with van der Waals surface area (Å²) in [5.41, 5.74) is 2.19. The smallest absolute Gasteiger partial charge is 0.408 e. The van der Waals surface area contributed by atoms with E-state index in [0.717, 1.165) is 28.8 Å². The number of alkyl carbamates (subject to hydrolysis) is 1. The number of hydrogen-bond donors (Lipinski definition) is 3. The Hall–Kier alpha value is -4.69. The summed E-state index contributed by atoms with van der Waals surface area (Å²) in [6.07, 6.45) is 9.92. The fourth-order valence-electron chi connectivity index (χ4n) is 8.26. The van der Waals surface area contributed by atoms with E-state index in [0.29, 0.717) is 5.56 Å². The van der Waals surface area contributed by atoms with Crippen LogP contribution in [0.3, 0.4) is 0 Å². The minimum atomic E-state index is -4.46. The Morgan fingerprint density at radius 1 is 0.642 bits per heavy atom. The van der Waals surface area contributed by atoms with Gasteiger partial charge in [0.2, 0.25) is 5.91 Å². The number of nitrogens with one attached hydrogen (secondary N) is 2. The van der Waals surface area contributed by atoms with E-state index < -0.39 is 55.3 Å². The van der Waals surface area contributed by atoms with Crippen LogP contribution in [-0.2, 0) is 35.6 Å². The molecule has 4 rings (SSSR count). The van der Waals surface area contributed by atoms with E-state index in [-0.39, 0.29) is 11.3 Å². The van der Waals surface area contributed by atoms with E-state index in [2.05, 4.69) is 38.3 Å². The lowest BCUT2D eigenvalue weighted by atomic mass is 9.84. The SMILES string of the molecule is CC(C)(C)OC(=O)N[C@H](C(=O)N[C@@H](Cc1ccc(S(=O)(=O)O)cc1)C(=O)[O-])C(C)(C)SC(c1ccccc1)(c1ccccc1)c1ccccc1.CCCC[N+](CCCC)(CCCC)CCCC. The quantitative estimate of drug-likeness (QED) is 0.0334. The molecule has 0 heterocycles. The molecule has 0 unspecified atom stereocenters. The second-order valence-electron chi connectivity index (χ2n) is 18.9. The molecule has 4 aromatic rings. The highest BCUT2D eigenvalue weighted by molar-refractivity contribution is 8.02. The first-order valence-corrected chi connectivity index (χ1v) is 26.2. The molecule has 67 heavy (non-hydrogen) atoms. The van der Waals surface area contributed by atoms with Crippen LogP contribution in [0.1, 0.15) is 136 Å². The molecule has 0 saturated carbocycles. The number of unbranched alkanes of at least 4 members (excludes halogenated alkanes) is 4. The molecular formula is C54H77N3O8S2. The second kappa shape index (κ2) is 26.7. The maximum atomic E-state index is 14.3. The number of amides is 2. The molecule has 2 atom stereocenters. The largest absolute Gasteiger partial charge is 0.548 e. The molecule has 11 nitrogen and oxygen atoms in total. The Bertz CT molecular complexity index is 2060. The lowest BCUT2D eigenvalue weighted by Gasteiger charge is -2.44. The van der Waals surface area contributed by atoms with E-state index in [1.54, 1.807) is 34.6 Å². The lowest BCUT2D eigenvalue weighted by Crippen LogP contribution is -2.61. The first kappa shape index (κ1) is 56.6. The summed E-state index contributed by atoms with van der Waals surface area (Å²) in [6, 6.07) is 31.3. The summed E-state index contributed by atoms with van der Waals surface area (Å²) in [5, 5.41) is 17.6. The zero-order chi connectivity index (χ0) is 49.7. The molecule has 0 aliphatic carbocycles. The first-order chi connectivity index (χ1) is 31.7. The van der Waals surface area contributed by atoms with Gasteiger partial charge in [0.1, 0.15) is 11.6 Å². The number of carboxylic acid groups (broad SMARTS) is 1. The minimum absolute atomic E-state index is 0.269. The third-order valence-corrected chi connectivity index (χ3v) is 14.4. The van der Waals surface area contributed by atoms with Gasteiger partial charge in [-0.1, -0.05) is 157 Å².